The third-order valence-electron chi connectivity index (χ3n) is 6.94. The van der Waals surface area contributed by atoms with Crippen molar-refractivity contribution in [2.75, 3.05) is 38.7 Å². The minimum Gasteiger partial charge on any atom is -0.497 e. The Kier molecular flexibility index (Phi) is 7.39. The maximum atomic E-state index is 12.5. The van der Waals surface area contributed by atoms with Crippen LogP contribution in [-0.2, 0) is 6.54 Å². The van der Waals surface area contributed by atoms with Gasteiger partial charge in [0.25, 0.3) is 5.56 Å². The minimum absolute atomic E-state index is 0. The fourth-order valence-corrected chi connectivity index (χ4v) is 4.88. The van der Waals surface area contributed by atoms with Crippen molar-refractivity contribution in [3.05, 3.63) is 77.2 Å². The maximum absolute atomic E-state index is 12.5. The first-order valence-corrected chi connectivity index (χ1v) is 11.6. The zero-order valence-corrected chi connectivity index (χ0v) is 20.5. The van der Waals surface area contributed by atoms with Crippen LogP contribution in [0.1, 0.15) is 12.8 Å². The Morgan fingerprint density at radius 1 is 1.00 bits per heavy atom. The fraction of sp³-hybridized carbons (Fsp3) is 0.333. The number of piperidine rings is 1. The lowest BCUT2D eigenvalue weighted by molar-refractivity contribution is 0.204. The van der Waals surface area contributed by atoms with Gasteiger partial charge in [-0.2, -0.15) is 0 Å². The number of ether oxygens (including phenoxy) is 1. The van der Waals surface area contributed by atoms with Crippen LogP contribution in [0.15, 0.2) is 71.7 Å². The van der Waals surface area contributed by atoms with Crippen molar-refractivity contribution < 1.29 is 4.74 Å². The van der Waals surface area contributed by atoms with Crippen LogP contribution in [0.4, 0.5) is 5.69 Å². The quantitative estimate of drug-likeness (QED) is 0.406. The van der Waals surface area contributed by atoms with Crippen LogP contribution in [0, 0.1) is 0 Å². The van der Waals surface area contributed by atoms with Gasteiger partial charge < -0.3 is 19.1 Å². The highest BCUT2D eigenvalue weighted by atomic mass is 35.5. The van der Waals surface area contributed by atoms with Gasteiger partial charge in [-0.3, -0.25) is 4.79 Å². The molecule has 0 saturated carbocycles. The van der Waals surface area contributed by atoms with E-state index in [2.05, 4.69) is 64.3 Å². The molecule has 0 N–H and O–H groups in total. The van der Waals surface area contributed by atoms with Crippen molar-refractivity contribution in [3.8, 4) is 5.75 Å². The summed E-state index contributed by atoms with van der Waals surface area (Å²) in [5, 5.41) is 2.56. The van der Waals surface area contributed by atoms with E-state index in [9.17, 15) is 4.79 Å². The summed E-state index contributed by atoms with van der Waals surface area (Å²) >= 11 is 0. The smallest absolute Gasteiger partial charge is 0.269 e. The molecule has 1 fully saturated rings. The van der Waals surface area contributed by atoms with Crippen LogP contribution in [0.25, 0.3) is 21.8 Å². The van der Waals surface area contributed by atoms with Gasteiger partial charge in [0.15, 0.2) is 0 Å². The summed E-state index contributed by atoms with van der Waals surface area (Å²) in [5.74, 6) is 0.737. The molecule has 0 amide bonds. The molecule has 0 bridgehead atoms. The van der Waals surface area contributed by atoms with E-state index in [0.717, 1.165) is 49.3 Å². The van der Waals surface area contributed by atoms with E-state index in [1.54, 1.807) is 7.11 Å². The number of benzene rings is 3. The zero-order valence-electron chi connectivity index (χ0n) is 19.7. The van der Waals surface area contributed by atoms with Crippen LogP contribution in [0.2, 0.25) is 0 Å². The van der Waals surface area contributed by atoms with E-state index in [1.807, 2.05) is 22.8 Å². The lowest BCUT2D eigenvalue weighted by atomic mass is 10.0. The summed E-state index contributed by atoms with van der Waals surface area (Å²) in [5.41, 5.74) is 2.84. The second kappa shape index (κ2) is 10.5. The number of hydrogen-bond acceptors (Lipinski definition) is 5. The number of nitrogens with zero attached hydrogens (tertiary/aromatic N) is 4. The Hall–Kier alpha value is -3.09. The molecule has 0 unspecified atom stereocenters. The highest BCUT2D eigenvalue weighted by Gasteiger charge is 2.23. The molecule has 0 spiro atoms. The molecule has 1 saturated heterocycles. The molecular formula is C27H31ClN4O2. The molecule has 178 valence electrons. The summed E-state index contributed by atoms with van der Waals surface area (Å²) in [7, 11) is 3.85. The summed E-state index contributed by atoms with van der Waals surface area (Å²) in [6.45, 7) is 3.56. The van der Waals surface area contributed by atoms with Gasteiger partial charge in [-0.05, 0) is 47.9 Å². The van der Waals surface area contributed by atoms with Gasteiger partial charge in [-0.1, -0.05) is 30.3 Å². The summed E-state index contributed by atoms with van der Waals surface area (Å²) in [6.07, 6.45) is 3.64. The molecule has 0 atom stereocenters. The van der Waals surface area contributed by atoms with Gasteiger partial charge in [0.1, 0.15) is 5.75 Å². The average molecular weight is 479 g/mol. The molecule has 1 aliphatic rings. The SMILES string of the molecule is COc1ccc2ncc(=O)n(CCN3CCC(N(C)c4ccc5ccccc5c4)CC3)c2c1.Cl. The average Bonchev–Trinajstić information content (AvgIpc) is 2.87. The lowest BCUT2D eigenvalue weighted by Crippen LogP contribution is -2.44. The molecule has 1 aromatic heterocycles. The predicted octanol–water partition coefficient (Wildman–Crippen LogP) is 4.58. The predicted molar refractivity (Wildman–Crippen MR) is 142 cm³/mol. The van der Waals surface area contributed by atoms with Crippen molar-refractivity contribution in [3.63, 3.8) is 0 Å². The van der Waals surface area contributed by atoms with Gasteiger partial charge in [-0.25, -0.2) is 4.98 Å². The van der Waals surface area contributed by atoms with Crippen LogP contribution >= 0.6 is 12.4 Å². The molecule has 2 heterocycles. The second-order valence-electron chi connectivity index (χ2n) is 8.82. The maximum Gasteiger partial charge on any atom is 0.269 e. The number of hydrogen-bond donors (Lipinski definition) is 0. The number of fused-ring (bicyclic) bond motifs is 2. The Labute approximate surface area is 206 Å². The van der Waals surface area contributed by atoms with Gasteiger partial charge >= 0.3 is 0 Å². The first kappa shape index (κ1) is 24.0. The van der Waals surface area contributed by atoms with Gasteiger partial charge in [-0.15, -0.1) is 12.4 Å². The van der Waals surface area contributed by atoms with Gasteiger partial charge in [0, 0.05) is 51.0 Å². The second-order valence-corrected chi connectivity index (χ2v) is 8.82. The van der Waals surface area contributed by atoms with Gasteiger partial charge in [0.2, 0.25) is 0 Å². The number of methoxy groups -OCH3 is 1. The largest absolute Gasteiger partial charge is 0.497 e. The highest BCUT2D eigenvalue weighted by Crippen LogP contribution is 2.26. The zero-order chi connectivity index (χ0) is 22.8. The van der Waals surface area contributed by atoms with E-state index in [0.29, 0.717) is 12.6 Å². The topological polar surface area (TPSA) is 50.6 Å². The normalized spacial score (nSPS) is 14.8. The Morgan fingerprint density at radius 2 is 1.76 bits per heavy atom. The number of aromatic nitrogens is 2. The minimum atomic E-state index is -0.0679. The number of likely N-dealkylation sites (tertiary alicyclic amines) is 1. The third-order valence-corrected chi connectivity index (χ3v) is 6.94. The van der Waals surface area contributed by atoms with Crippen molar-refractivity contribution in [1.82, 2.24) is 14.5 Å². The highest BCUT2D eigenvalue weighted by molar-refractivity contribution is 5.86. The number of anilines is 1. The summed E-state index contributed by atoms with van der Waals surface area (Å²) in [4.78, 5) is 21.7. The Morgan fingerprint density at radius 3 is 2.53 bits per heavy atom. The van der Waals surface area contributed by atoms with Crippen LogP contribution in [0.5, 0.6) is 5.75 Å². The van der Waals surface area contributed by atoms with Crippen molar-refractivity contribution in [1.29, 1.82) is 0 Å². The first-order valence-electron chi connectivity index (χ1n) is 11.6. The molecule has 5 rings (SSSR count). The van der Waals surface area contributed by atoms with Crippen LogP contribution < -0.4 is 15.2 Å². The number of halogens is 1. The van der Waals surface area contributed by atoms with Crippen molar-refractivity contribution in [2.24, 2.45) is 0 Å². The van der Waals surface area contributed by atoms with Crippen molar-refractivity contribution >= 4 is 39.9 Å². The third kappa shape index (κ3) is 4.88. The molecule has 34 heavy (non-hydrogen) atoms. The van der Waals surface area contributed by atoms with E-state index < -0.39 is 0 Å². The van der Waals surface area contributed by atoms with E-state index >= 15 is 0 Å². The monoisotopic (exact) mass is 478 g/mol. The molecule has 3 aromatic carbocycles. The van der Waals surface area contributed by atoms with Crippen LogP contribution in [0.3, 0.4) is 0 Å². The van der Waals surface area contributed by atoms with E-state index in [-0.39, 0.29) is 18.0 Å². The fourth-order valence-electron chi connectivity index (χ4n) is 4.88. The molecule has 1 aliphatic heterocycles. The Bertz CT molecular complexity index is 1330. The van der Waals surface area contributed by atoms with E-state index in [1.165, 1.54) is 22.7 Å². The first-order chi connectivity index (χ1) is 16.1. The molecule has 4 aromatic rings. The molecule has 0 radical (unpaired) electrons. The Balaban J connectivity index is 0.00000274. The van der Waals surface area contributed by atoms with Crippen LogP contribution in [-0.4, -0.2) is 54.3 Å². The standard InChI is InChI=1S/C27H30N4O2.ClH/c1-29(23-8-7-20-5-3-4-6-21(20)17-23)22-11-13-30(14-12-22)15-16-31-26-18-24(33-2)9-10-25(26)28-19-27(31)32;/h3-10,17-19,22H,11-16H2,1-2H3;1H. The van der Waals surface area contributed by atoms with Gasteiger partial charge in [0.05, 0.1) is 24.3 Å². The van der Waals surface area contributed by atoms with Crippen molar-refractivity contribution in [2.45, 2.75) is 25.4 Å². The summed E-state index contributed by atoms with van der Waals surface area (Å²) < 4.78 is 7.17. The molecule has 0 aliphatic carbocycles. The molecule has 6 nitrogen and oxygen atoms in total. The lowest BCUT2D eigenvalue weighted by Gasteiger charge is -2.38. The molecular weight excluding hydrogens is 448 g/mol. The van der Waals surface area contributed by atoms with E-state index in [4.69, 9.17) is 4.74 Å². The number of rotatable bonds is 6. The molecule has 7 heteroatoms. The summed E-state index contributed by atoms with van der Waals surface area (Å²) in [6, 6.07) is 21.4.